The maximum absolute atomic E-state index is 10.6. The molecule has 5 nitrogen and oxygen atoms in total. The van der Waals surface area contributed by atoms with E-state index in [1.807, 2.05) is 0 Å². The molecule has 3 N–H and O–H groups in total. The normalized spacial score (nSPS) is 24.6. The van der Waals surface area contributed by atoms with Crippen molar-refractivity contribution in [2.45, 2.75) is 31.4 Å². The minimum Gasteiger partial charge on any atom is -0.387 e. The number of non-ortho nitro benzene ring substituents is 1. The summed E-state index contributed by atoms with van der Waals surface area (Å²) >= 11 is 0. The quantitative estimate of drug-likeness (QED) is 0.425. The topological polar surface area (TPSA) is 89.4 Å². The van der Waals surface area contributed by atoms with Crippen LogP contribution in [0.5, 0.6) is 0 Å². The molecule has 2 atom stereocenters. The summed E-state index contributed by atoms with van der Waals surface area (Å²) < 4.78 is 0. The van der Waals surface area contributed by atoms with E-state index < -0.39 is 11.0 Å². The third kappa shape index (κ3) is 1.91. The highest BCUT2D eigenvalue weighted by Gasteiger charge is 2.24. The second-order valence-electron chi connectivity index (χ2n) is 4.14. The Morgan fingerprint density at radius 3 is 2.94 bits per heavy atom. The van der Waals surface area contributed by atoms with E-state index in [4.69, 9.17) is 5.73 Å². The van der Waals surface area contributed by atoms with Crippen molar-refractivity contribution in [2.24, 2.45) is 5.73 Å². The number of hydrogen-bond acceptors (Lipinski definition) is 4. The third-order valence-electron chi connectivity index (χ3n) is 3.05. The SMILES string of the molecule is N[C@H]1CCCc2cc([N+](=O)[O-])ccc2[C@H]1O. The molecule has 0 amide bonds. The Balaban J connectivity index is 2.43. The molecule has 0 saturated carbocycles. The van der Waals surface area contributed by atoms with Crippen LogP contribution in [-0.2, 0) is 6.42 Å². The molecule has 0 saturated heterocycles. The van der Waals surface area contributed by atoms with Gasteiger partial charge in [-0.25, -0.2) is 0 Å². The van der Waals surface area contributed by atoms with Crippen molar-refractivity contribution in [2.75, 3.05) is 0 Å². The molecule has 0 bridgehead atoms. The highest BCUT2D eigenvalue weighted by Crippen LogP contribution is 2.30. The zero-order chi connectivity index (χ0) is 11.7. The van der Waals surface area contributed by atoms with Crippen molar-refractivity contribution in [3.63, 3.8) is 0 Å². The largest absolute Gasteiger partial charge is 0.387 e. The summed E-state index contributed by atoms with van der Waals surface area (Å²) in [5, 5.41) is 20.6. The summed E-state index contributed by atoms with van der Waals surface area (Å²) in [7, 11) is 0. The van der Waals surface area contributed by atoms with Crippen LogP contribution in [0.15, 0.2) is 18.2 Å². The third-order valence-corrected chi connectivity index (χ3v) is 3.05. The smallest absolute Gasteiger partial charge is 0.269 e. The molecule has 0 spiro atoms. The molecule has 0 unspecified atom stereocenters. The van der Waals surface area contributed by atoms with Gasteiger partial charge >= 0.3 is 0 Å². The Morgan fingerprint density at radius 1 is 1.50 bits per heavy atom. The van der Waals surface area contributed by atoms with Gasteiger partial charge < -0.3 is 10.8 Å². The number of aryl methyl sites for hydroxylation is 1. The number of nitrogens with zero attached hydrogens (tertiary/aromatic N) is 1. The van der Waals surface area contributed by atoms with Crippen LogP contribution in [0.2, 0.25) is 0 Å². The average Bonchev–Trinajstić information content (AvgIpc) is 2.40. The molecule has 0 fully saturated rings. The van der Waals surface area contributed by atoms with Gasteiger partial charge in [0.25, 0.3) is 5.69 Å². The Kier molecular flexibility index (Phi) is 2.89. The minimum atomic E-state index is -0.710. The Morgan fingerprint density at radius 2 is 2.25 bits per heavy atom. The van der Waals surface area contributed by atoms with Gasteiger partial charge in [-0.1, -0.05) is 0 Å². The summed E-state index contributed by atoms with van der Waals surface area (Å²) in [6, 6.07) is 4.29. The van der Waals surface area contributed by atoms with Crippen LogP contribution in [0.25, 0.3) is 0 Å². The maximum atomic E-state index is 10.6. The molecular formula is C11H14N2O3. The van der Waals surface area contributed by atoms with Gasteiger partial charge in [0.05, 0.1) is 11.0 Å². The standard InChI is InChI=1S/C11H14N2O3/c12-10-3-1-2-7-6-8(13(15)16)4-5-9(7)11(10)14/h4-6,10-11,14H,1-3,12H2/t10-,11+/m0/s1. The molecule has 1 aliphatic carbocycles. The lowest BCUT2D eigenvalue weighted by Gasteiger charge is -2.17. The van der Waals surface area contributed by atoms with Crippen LogP contribution in [0, 0.1) is 10.1 Å². The highest BCUT2D eigenvalue weighted by molar-refractivity contribution is 5.42. The molecule has 1 aromatic carbocycles. The van der Waals surface area contributed by atoms with Gasteiger partial charge in [-0.3, -0.25) is 10.1 Å². The Hall–Kier alpha value is -1.46. The number of benzene rings is 1. The zero-order valence-electron chi connectivity index (χ0n) is 8.80. The number of nitro groups is 1. The molecule has 1 aliphatic rings. The second kappa shape index (κ2) is 4.19. The van der Waals surface area contributed by atoms with Gasteiger partial charge in [0.2, 0.25) is 0 Å². The van der Waals surface area contributed by atoms with Crippen LogP contribution in [0.3, 0.4) is 0 Å². The minimum absolute atomic E-state index is 0.0708. The van der Waals surface area contributed by atoms with Gasteiger partial charge in [-0.15, -0.1) is 0 Å². The fourth-order valence-electron chi connectivity index (χ4n) is 2.13. The first-order valence-corrected chi connectivity index (χ1v) is 5.30. The van der Waals surface area contributed by atoms with Crippen LogP contribution < -0.4 is 5.73 Å². The second-order valence-corrected chi connectivity index (χ2v) is 4.14. The van der Waals surface area contributed by atoms with Crippen molar-refractivity contribution >= 4 is 5.69 Å². The van der Waals surface area contributed by atoms with Crippen molar-refractivity contribution in [1.82, 2.24) is 0 Å². The van der Waals surface area contributed by atoms with E-state index in [9.17, 15) is 15.2 Å². The van der Waals surface area contributed by atoms with Gasteiger partial charge in [0.1, 0.15) is 0 Å². The summed E-state index contributed by atoms with van der Waals surface area (Å²) in [5.74, 6) is 0. The van der Waals surface area contributed by atoms with E-state index in [0.717, 1.165) is 30.4 Å². The molecule has 0 aromatic heterocycles. The molecule has 0 radical (unpaired) electrons. The summed E-state index contributed by atoms with van der Waals surface area (Å²) in [6.45, 7) is 0. The van der Waals surface area contributed by atoms with E-state index in [-0.39, 0.29) is 11.7 Å². The molecular weight excluding hydrogens is 208 g/mol. The van der Waals surface area contributed by atoms with Gasteiger partial charge in [0, 0.05) is 18.2 Å². The molecule has 16 heavy (non-hydrogen) atoms. The maximum Gasteiger partial charge on any atom is 0.269 e. The lowest BCUT2D eigenvalue weighted by Crippen LogP contribution is -2.27. The molecule has 0 heterocycles. The number of nitrogens with two attached hydrogens (primary N) is 1. The lowest BCUT2D eigenvalue weighted by atomic mass is 9.99. The van der Waals surface area contributed by atoms with E-state index in [0.29, 0.717) is 0 Å². The van der Waals surface area contributed by atoms with Gasteiger partial charge in [-0.05, 0) is 36.5 Å². The predicted molar refractivity (Wildman–Crippen MR) is 59.0 cm³/mol. The van der Waals surface area contributed by atoms with E-state index in [2.05, 4.69) is 0 Å². The number of rotatable bonds is 1. The van der Waals surface area contributed by atoms with E-state index >= 15 is 0 Å². The first-order chi connectivity index (χ1) is 7.59. The van der Waals surface area contributed by atoms with Crippen LogP contribution in [0.1, 0.15) is 30.1 Å². The number of aliphatic hydroxyl groups excluding tert-OH is 1. The van der Waals surface area contributed by atoms with Crippen LogP contribution >= 0.6 is 0 Å². The van der Waals surface area contributed by atoms with Crippen molar-refractivity contribution in [3.05, 3.63) is 39.4 Å². The van der Waals surface area contributed by atoms with Gasteiger partial charge in [0.15, 0.2) is 0 Å². The van der Waals surface area contributed by atoms with E-state index in [1.54, 1.807) is 6.07 Å². The number of nitro benzene ring substituents is 1. The fraction of sp³-hybridized carbons (Fsp3) is 0.455. The first-order valence-electron chi connectivity index (χ1n) is 5.30. The Labute approximate surface area is 93.0 Å². The van der Waals surface area contributed by atoms with Crippen LogP contribution in [-0.4, -0.2) is 16.1 Å². The van der Waals surface area contributed by atoms with Crippen molar-refractivity contribution < 1.29 is 10.0 Å². The Bertz CT molecular complexity index is 420. The van der Waals surface area contributed by atoms with Gasteiger partial charge in [-0.2, -0.15) is 0 Å². The summed E-state index contributed by atoms with van der Waals surface area (Å²) in [5.41, 5.74) is 7.45. The summed E-state index contributed by atoms with van der Waals surface area (Å²) in [6.07, 6.45) is 1.62. The number of aliphatic hydroxyl groups is 1. The highest BCUT2D eigenvalue weighted by atomic mass is 16.6. The van der Waals surface area contributed by atoms with Crippen molar-refractivity contribution in [1.29, 1.82) is 0 Å². The summed E-state index contributed by atoms with van der Waals surface area (Å²) in [4.78, 5) is 10.2. The molecule has 0 aliphatic heterocycles. The molecule has 86 valence electrons. The average molecular weight is 222 g/mol. The van der Waals surface area contributed by atoms with E-state index in [1.165, 1.54) is 12.1 Å². The lowest BCUT2D eigenvalue weighted by molar-refractivity contribution is -0.384. The monoisotopic (exact) mass is 222 g/mol. The number of fused-ring (bicyclic) bond motifs is 1. The fourth-order valence-corrected chi connectivity index (χ4v) is 2.13. The van der Waals surface area contributed by atoms with Crippen molar-refractivity contribution in [3.8, 4) is 0 Å². The molecule has 2 rings (SSSR count). The predicted octanol–water partition coefficient (Wildman–Crippen LogP) is 1.29. The molecule has 5 heteroatoms. The first kappa shape index (κ1) is 11.0. The molecule has 1 aromatic rings. The van der Waals surface area contributed by atoms with Crippen LogP contribution in [0.4, 0.5) is 5.69 Å². The zero-order valence-corrected chi connectivity index (χ0v) is 8.80. The number of hydrogen-bond donors (Lipinski definition) is 2.